The van der Waals surface area contributed by atoms with Gasteiger partial charge in [0.25, 0.3) is 0 Å². The molecular formula is C20H24ClNO4. The molecule has 0 fully saturated rings. The minimum Gasteiger partial charge on any atom is -0.497 e. The van der Waals surface area contributed by atoms with Gasteiger partial charge in [-0.15, -0.1) is 12.4 Å². The van der Waals surface area contributed by atoms with Crippen LogP contribution in [0.3, 0.4) is 0 Å². The van der Waals surface area contributed by atoms with Crippen LogP contribution in [-0.2, 0) is 12.8 Å². The molecule has 0 amide bonds. The summed E-state index contributed by atoms with van der Waals surface area (Å²) in [6.45, 7) is 1.32. The average molecular weight is 378 g/mol. The molecule has 26 heavy (non-hydrogen) atoms. The topological polar surface area (TPSA) is 40.2 Å². The Balaban J connectivity index is 0.00000196. The van der Waals surface area contributed by atoms with Gasteiger partial charge in [-0.3, -0.25) is 4.90 Å². The SMILES string of the molecule is COc1cc2c(c(OC)c1)C(Cc1ccc3c(c1)OCO3)N(C)CC2.Cl. The molecule has 0 aliphatic carbocycles. The van der Waals surface area contributed by atoms with E-state index in [9.17, 15) is 0 Å². The highest BCUT2D eigenvalue weighted by atomic mass is 35.5. The summed E-state index contributed by atoms with van der Waals surface area (Å²) in [5.41, 5.74) is 3.79. The molecule has 2 aliphatic heterocycles. The number of ether oxygens (including phenoxy) is 4. The average Bonchev–Trinajstić information content (AvgIpc) is 3.10. The minimum absolute atomic E-state index is 0. The van der Waals surface area contributed by atoms with E-state index in [1.165, 1.54) is 16.7 Å². The van der Waals surface area contributed by atoms with Crippen molar-refractivity contribution in [3.63, 3.8) is 0 Å². The predicted octanol–water partition coefficient (Wildman–Crippen LogP) is 3.63. The van der Waals surface area contributed by atoms with Gasteiger partial charge in [-0.25, -0.2) is 0 Å². The fraction of sp³-hybridized carbons (Fsp3) is 0.400. The molecule has 0 spiro atoms. The number of benzene rings is 2. The second-order valence-corrected chi connectivity index (χ2v) is 6.54. The molecule has 2 aromatic carbocycles. The maximum absolute atomic E-state index is 5.69. The third-order valence-electron chi connectivity index (χ3n) is 5.12. The van der Waals surface area contributed by atoms with Crippen LogP contribution in [-0.4, -0.2) is 39.5 Å². The van der Waals surface area contributed by atoms with Gasteiger partial charge in [0.2, 0.25) is 6.79 Å². The van der Waals surface area contributed by atoms with E-state index >= 15 is 0 Å². The van der Waals surface area contributed by atoms with E-state index in [0.29, 0.717) is 6.79 Å². The van der Waals surface area contributed by atoms with Gasteiger partial charge < -0.3 is 18.9 Å². The second-order valence-electron chi connectivity index (χ2n) is 6.54. The van der Waals surface area contributed by atoms with Gasteiger partial charge in [0.1, 0.15) is 11.5 Å². The first-order valence-corrected chi connectivity index (χ1v) is 8.53. The van der Waals surface area contributed by atoms with E-state index < -0.39 is 0 Å². The van der Waals surface area contributed by atoms with Gasteiger partial charge in [-0.1, -0.05) is 6.07 Å². The lowest BCUT2D eigenvalue weighted by Gasteiger charge is -2.36. The molecule has 1 unspecified atom stereocenters. The van der Waals surface area contributed by atoms with Crippen molar-refractivity contribution in [2.75, 3.05) is 34.6 Å². The molecule has 2 aromatic rings. The Morgan fingerprint density at radius 2 is 1.88 bits per heavy atom. The molecule has 1 atom stereocenters. The largest absolute Gasteiger partial charge is 0.497 e. The van der Waals surface area contributed by atoms with Gasteiger partial charge >= 0.3 is 0 Å². The van der Waals surface area contributed by atoms with Crippen molar-refractivity contribution < 1.29 is 18.9 Å². The Hall–Kier alpha value is -2.11. The Bertz CT molecular complexity index is 778. The molecule has 0 saturated carbocycles. The van der Waals surface area contributed by atoms with Crippen molar-refractivity contribution in [1.82, 2.24) is 4.90 Å². The molecule has 0 N–H and O–H groups in total. The van der Waals surface area contributed by atoms with E-state index in [4.69, 9.17) is 18.9 Å². The van der Waals surface area contributed by atoms with Crippen LogP contribution in [0.4, 0.5) is 0 Å². The summed E-state index contributed by atoms with van der Waals surface area (Å²) in [5, 5.41) is 0. The highest BCUT2D eigenvalue weighted by molar-refractivity contribution is 5.85. The lowest BCUT2D eigenvalue weighted by atomic mass is 9.88. The van der Waals surface area contributed by atoms with Crippen molar-refractivity contribution >= 4 is 12.4 Å². The Morgan fingerprint density at radius 3 is 2.65 bits per heavy atom. The molecule has 0 radical (unpaired) electrons. The molecule has 4 rings (SSSR count). The molecule has 140 valence electrons. The van der Waals surface area contributed by atoms with Gasteiger partial charge in [0, 0.05) is 24.2 Å². The van der Waals surface area contributed by atoms with Crippen molar-refractivity contribution in [2.24, 2.45) is 0 Å². The summed E-state index contributed by atoms with van der Waals surface area (Å²) in [5.74, 6) is 3.40. The van der Waals surface area contributed by atoms with Crippen LogP contribution in [0.15, 0.2) is 30.3 Å². The predicted molar refractivity (Wildman–Crippen MR) is 102 cm³/mol. The molecule has 2 aliphatic rings. The summed E-state index contributed by atoms with van der Waals surface area (Å²) in [6.07, 6.45) is 1.89. The van der Waals surface area contributed by atoms with Crippen LogP contribution in [0.25, 0.3) is 0 Å². The molecule has 6 heteroatoms. The highest BCUT2D eigenvalue weighted by Gasteiger charge is 2.29. The number of fused-ring (bicyclic) bond motifs is 2. The lowest BCUT2D eigenvalue weighted by Crippen LogP contribution is -2.33. The number of hydrogen-bond acceptors (Lipinski definition) is 5. The molecule has 0 aromatic heterocycles. The van der Waals surface area contributed by atoms with Crippen molar-refractivity contribution in [3.05, 3.63) is 47.0 Å². The van der Waals surface area contributed by atoms with E-state index in [-0.39, 0.29) is 18.4 Å². The fourth-order valence-electron chi connectivity index (χ4n) is 3.75. The summed E-state index contributed by atoms with van der Waals surface area (Å²) in [4.78, 5) is 2.39. The summed E-state index contributed by atoms with van der Waals surface area (Å²) in [7, 11) is 5.59. The molecular weight excluding hydrogens is 354 g/mol. The molecule has 2 heterocycles. The zero-order chi connectivity index (χ0) is 17.4. The number of nitrogens with zero attached hydrogens (tertiary/aromatic N) is 1. The lowest BCUT2D eigenvalue weighted by molar-refractivity contribution is 0.174. The maximum Gasteiger partial charge on any atom is 0.231 e. The normalized spacial score (nSPS) is 18.0. The van der Waals surface area contributed by atoms with E-state index in [1.807, 2.05) is 12.1 Å². The van der Waals surface area contributed by atoms with E-state index in [1.54, 1.807) is 14.2 Å². The number of halogens is 1. The van der Waals surface area contributed by atoms with Crippen LogP contribution < -0.4 is 18.9 Å². The third-order valence-corrected chi connectivity index (χ3v) is 5.12. The van der Waals surface area contributed by atoms with Crippen molar-refractivity contribution in [2.45, 2.75) is 18.9 Å². The summed E-state index contributed by atoms with van der Waals surface area (Å²) in [6, 6.07) is 10.6. The first kappa shape index (κ1) is 18.7. The Kier molecular flexibility index (Phi) is 5.49. The summed E-state index contributed by atoms with van der Waals surface area (Å²) >= 11 is 0. The van der Waals surface area contributed by atoms with E-state index in [0.717, 1.165) is 42.4 Å². The second kappa shape index (κ2) is 7.64. The Labute approximate surface area is 160 Å². The smallest absolute Gasteiger partial charge is 0.231 e. The molecule has 5 nitrogen and oxygen atoms in total. The van der Waals surface area contributed by atoms with Crippen LogP contribution >= 0.6 is 12.4 Å². The first-order valence-electron chi connectivity index (χ1n) is 8.53. The van der Waals surface area contributed by atoms with Gasteiger partial charge in [0.15, 0.2) is 11.5 Å². The van der Waals surface area contributed by atoms with Crippen LogP contribution in [0, 0.1) is 0 Å². The van der Waals surface area contributed by atoms with Crippen LogP contribution in [0.2, 0.25) is 0 Å². The minimum atomic E-state index is 0. The highest BCUT2D eigenvalue weighted by Crippen LogP contribution is 2.41. The zero-order valence-corrected chi connectivity index (χ0v) is 16.1. The standard InChI is InChI=1S/C20H23NO4.ClH/c1-21-7-6-14-10-15(22-2)11-19(23-3)20(14)16(21)8-13-4-5-17-18(9-13)25-12-24-17;/h4-5,9-11,16H,6-8,12H2,1-3H3;1H. The number of likely N-dealkylation sites (N-methyl/N-ethyl adjacent to an activating group) is 1. The van der Waals surface area contributed by atoms with Gasteiger partial charge in [-0.2, -0.15) is 0 Å². The molecule has 0 saturated heterocycles. The van der Waals surface area contributed by atoms with E-state index in [2.05, 4.69) is 30.1 Å². The fourth-order valence-corrected chi connectivity index (χ4v) is 3.75. The number of hydrogen-bond donors (Lipinski definition) is 0. The van der Waals surface area contributed by atoms with Gasteiger partial charge in [0.05, 0.1) is 14.2 Å². The van der Waals surface area contributed by atoms with Gasteiger partial charge in [-0.05, 0) is 49.2 Å². The third kappa shape index (κ3) is 3.29. The number of rotatable bonds is 4. The monoisotopic (exact) mass is 377 g/mol. The maximum atomic E-state index is 5.69. The quantitative estimate of drug-likeness (QED) is 0.813. The van der Waals surface area contributed by atoms with Crippen LogP contribution in [0.1, 0.15) is 22.7 Å². The Morgan fingerprint density at radius 1 is 1.08 bits per heavy atom. The van der Waals surface area contributed by atoms with Crippen molar-refractivity contribution in [1.29, 1.82) is 0 Å². The zero-order valence-electron chi connectivity index (χ0n) is 15.3. The summed E-state index contributed by atoms with van der Waals surface area (Å²) < 4.78 is 22.1. The number of methoxy groups -OCH3 is 2. The molecule has 0 bridgehead atoms. The van der Waals surface area contributed by atoms with Crippen molar-refractivity contribution in [3.8, 4) is 23.0 Å². The van der Waals surface area contributed by atoms with Crippen LogP contribution in [0.5, 0.6) is 23.0 Å². The first-order chi connectivity index (χ1) is 12.2.